The lowest BCUT2D eigenvalue weighted by atomic mass is 10.0. The Balaban J connectivity index is 1.36. The summed E-state index contributed by atoms with van der Waals surface area (Å²) < 4.78 is 7.08. The highest BCUT2D eigenvalue weighted by Gasteiger charge is 2.27. The Morgan fingerprint density at radius 3 is 2.41 bits per heavy atom. The number of primary amides is 1. The Labute approximate surface area is 225 Å². The van der Waals surface area contributed by atoms with Crippen molar-refractivity contribution in [3.8, 4) is 17.1 Å². The summed E-state index contributed by atoms with van der Waals surface area (Å²) in [4.78, 5) is 48.7. The van der Waals surface area contributed by atoms with Crippen molar-refractivity contribution in [3.05, 3.63) is 96.6 Å². The molecule has 198 valence electrons. The Bertz CT molecular complexity index is 1460. The number of nitrogens with zero attached hydrogens (tertiary/aromatic N) is 4. The summed E-state index contributed by atoms with van der Waals surface area (Å²) in [6.07, 6.45) is 5.07. The van der Waals surface area contributed by atoms with E-state index in [1.165, 1.54) is 0 Å². The normalized spacial score (nSPS) is 14.0. The number of pyridine rings is 1. The van der Waals surface area contributed by atoms with Gasteiger partial charge in [-0.2, -0.15) is 0 Å². The van der Waals surface area contributed by atoms with Gasteiger partial charge < -0.3 is 20.7 Å². The molecule has 10 heteroatoms. The van der Waals surface area contributed by atoms with Crippen LogP contribution in [0.1, 0.15) is 15.9 Å². The summed E-state index contributed by atoms with van der Waals surface area (Å²) in [6.45, 7) is 3.15. The minimum atomic E-state index is -1.12. The summed E-state index contributed by atoms with van der Waals surface area (Å²) in [7, 11) is 0. The third-order valence-corrected chi connectivity index (χ3v) is 6.55. The van der Waals surface area contributed by atoms with Crippen LogP contribution in [0.2, 0.25) is 0 Å². The minimum Gasteiger partial charge on any atom is -0.378 e. The monoisotopic (exact) mass is 524 g/mol. The SMILES string of the molecule is NC(=O)C(=O)C(Cc1ccccc1)NC(=O)c1cccnc1-n1cnc(-c2ccc(N3CCOCC3)cc2)c1. The number of ether oxygens (including phenoxy) is 1. The molecule has 2 aromatic heterocycles. The highest BCUT2D eigenvalue weighted by atomic mass is 16.5. The number of morpholine rings is 1. The third kappa shape index (κ3) is 6.02. The number of amides is 2. The van der Waals surface area contributed by atoms with Crippen LogP contribution in [0, 0.1) is 0 Å². The first kappa shape index (κ1) is 25.8. The zero-order valence-corrected chi connectivity index (χ0v) is 21.2. The number of imidazole rings is 1. The molecule has 1 atom stereocenters. The molecule has 5 rings (SSSR count). The van der Waals surface area contributed by atoms with Crippen LogP contribution >= 0.6 is 0 Å². The lowest BCUT2D eigenvalue weighted by Crippen LogP contribution is -2.47. The van der Waals surface area contributed by atoms with Gasteiger partial charge in [-0.3, -0.25) is 19.0 Å². The first-order chi connectivity index (χ1) is 19.0. The predicted octanol–water partition coefficient (Wildman–Crippen LogP) is 2.17. The van der Waals surface area contributed by atoms with Crippen molar-refractivity contribution in [2.45, 2.75) is 12.5 Å². The summed E-state index contributed by atoms with van der Waals surface area (Å²) >= 11 is 0. The fourth-order valence-electron chi connectivity index (χ4n) is 4.50. The molecule has 1 saturated heterocycles. The molecule has 1 aliphatic heterocycles. The van der Waals surface area contributed by atoms with Crippen LogP contribution in [-0.4, -0.2) is 64.5 Å². The van der Waals surface area contributed by atoms with Crippen molar-refractivity contribution < 1.29 is 19.1 Å². The number of rotatable bonds is 9. The summed E-state index contributed by atoms with van der Waals surface area (Å²) in [6, 6.07) is 19.3. The van der Waals surface area contributed by atoms with Crippen LogP contribution < -0.4 is 16.0 Å². The van der Waals surface area contributed by atoms with Crippen LogP contribution in [0.5, 0.6) is 0 Å². The number of ketones is 1. The minimum absolute atomic E-state index is 0.125. The maximum atomic E-state index is 13.3. The second kappa shape index (κ2) is 11.7. The number of Topliss-reactive ketones (excluding diaryl/α,β-unsaturated/α-hetero) is 1. The molecule has 4 aromatic rings. The standard InChI is InChI=1S/C29H28N6O4/c30-27(37)26(36)24(17-20-5-2-1-3-6-20)33-29(38)23-7-4-12-31-28(23)35-18-25(32-19-35)21-8-10-22(11-9-21)34-13-15-39-16-14-34/h1-12,18-19,24H,13-17H2,(H2,30,37)(H,33,38). The average molecular weight is 525 g/mol. The number of carbonyl (C=O) groups excluding carboxylic acids is 3. The van der Waals surface area contributed by atoms with Gasteiger partial charge in [0.05, 0.1) is 24.5 Å². The molecule has 3 heterocycles. The lowest BCUT2D eigenvalue weighted by molar-refractivity contribution is -0.137. The van der Waals surface area contributed by atoms with Crippen LogP contribution in [-0.2, 0) is 20.7 Å². The van der Waals surface area contributed by atoms with Gasteiger partial charge in [0, 0.05) is 43.2 Å². The number of nitrogens with two attached hydrogens (primary N) is 1. The van der Waals surface area contributed by atoms with E-state index in [1.54, 1.807) is 35.4 Å². The van der Waals surface area contributed by atoms with Gasteiger partial charge in [0.2, 0.25) is 5.78 Å². The Morgan fingerprint density at radius 2 is 1.69 bits per heavy atom. The van der Waals surface area contributed by atoms with Crippen LogP contribution in [0.4, 0.5) is 5.69 Å². The molecule has 1 unspecified atom stereocenters. The van der Waals surface area contributed by atoms with Crippen molar-refractivity contribution in [3.63, 3.8) is 0 Å². The van der Waals surface area contributed by atoms with Gasteiger partial charge in [-0.15, -0.1) is 0 Å². The summed E-state index contributed by atoms with van der Waals surface area (Å²) in [5.41, 5.74) is 9.02. The number of aromatic nitrogens is 3. The van der Waals surface area contributed by atoms with Gasteiger partial charge in [-0.25, -0.2) is 9.97 Å². The Morgan fingerprint density at radius 1 is 0.949 bits per heavy atom. The molecule has 3 N–H and O–H groups in total. The van der Waals surface area contributed by atoms with Gasteiger partial charge in [0.1, 0.15) is 12.4 Å². The zero-order chi connectivity index (χ0) is 27.2. The maximum Gasteiger partial charge on any atom is 0.287 e. The molecule has 39 heavy (non-hydrogen) atoms. The van der Waals surface area contributed by atoms with E-state index in [1.807, 2.05) is 42.5 Å². The van der Waals surface area contributed by atoms with Gasteiger partial charge in [-0.05, 0) is 29.8 Å². The molecule has 1 fully saturated rings. The summed E-state index contributed by atoms with van der Waals surface area (Å²) in [5, 5.41) is 2.67. The first-order valence-electron chi connectivity index (χ1n) is 12.6. The van der Waals surface area contributed by atoms with Crippen LogP contribution in [0.3, 0.4) is 0 Å². The molecule has 2 amide bonds. The fourth-order valence-corrected chi connectivity index (χ4v) is 4.50. The van der Waals surface area contributed by atoms with E-state index in [0.29, 0.717) is 11.5 Å². The van der Waals surface area contributed by atoms with Gasteiger partial charge in [-0.1, -0.05) is 42.5 Å². The number of hydrogen-bond donors (Lipinski definition) is 2. The molecule has 0 radical (unpaired) electrons. The number of benzene rings is 2. The van der Waals surface area contributed by atoms with E-state index < -0.39 is 23.6 Å². The van der Waals surface area contributed by atoms with E-state index in [4.69, 9.17) is 10.5 Å². The molecular weight excluding hydrogens is 496 g/mol. The average Bonchev–Trinajstić information content (AvgIpc) is 3.48. The van der Waals surface area contributed by atoms with E-state index in [-0.39, 0.29) is 12.0 Å². The fraction of sp³-hybridized carbons (Fsp3) is 0.207. The Kier molecular flexibility index (Phi) is 7.74. The van der Waals surface area contributed by atoms with E-state index >= 15 is 0 Å². The topological polar surface area (TPSA) is 132 Å². The quantitative estimate of drug-likeness (QED) is 0.321. The molecule has 2 aromatic carbocycles. The third-order valence-electron chi connectivity index (χ3n) is 6.55. The highest BCUT2D eigenvalue weighted by molar-refractivity contribution is 6.38. The lowest BCUT2D eigenvalue weighted by Gasteiger charge is -2.28. The molecule has 0 saturated carbocycles. The molecule has 10 nitrogen and oxygen atoms in total. The second-order valence-electron chi connectivity index (χ2n) is 9.13. The zero-order valence-electron chi connectivity index (χ0n) is 21.2. The van der Waals surface area contributed by atoms with Crippen molar-refractivity contribution >= 4 is 23.3 Å². The largest absolute Gasteiger partial charge is 0.378 e. The number of carbonyl (C=O) groups is 3. The number of hydrogen-bond acceptors (Lipinski definition) is 7. The molecule has 1 aliphatic rings. The molecule has 0 bridgehead atoms. The van der Waals surface area contributed by atoms with Crippen LogP contribution in [0.15, 0.2) is 85.5 Å². The molecule has 0 spiro atoms. The van der Waals surface area contributed by atoms with E-state index in [9.17, 15) is 14.4 Å². The maximum absolute atomic E-state index is 13.3. The van der Waals surface area contributed by atoms with Gasteiger partial charge in [0.25, 0.3) is 11.8 Å². The van der Waals surface area contributed by atoms with Crippen molar-refractivity contribution in [1.82, 2.24) is 19.9 Å². The summed E-state index contributed by atoms with van der Waals surface area (Å²) in [5.74, 6) is -2.20. The molecule has 0 aliphatic carbocycles. The van der Waals surface area contributed by atoms with Crippen molar-refractivity contribution in [2.24, 2.45) is 5.73 Å². The Hall–Kier alpha value is -4.83. The smallest absolute Gasteiger partial charge is 0.287 e. The highest BCUT2D eigenvalue weighted by Crippen LogP contribution is 2.24. The van der Waals surface area contributed by atoms with Crippen molar-refractivity contribution in [1.29, 1.82) is 0 Å². The first-order valence-corrected chi connectivity index (χ1v) is 12.6. The van der Waals surface area contributed by atoms with E-state index in [2.05, 4.69) is 32.3 Å². The van der Waals surface area contributed by atoms with E-state index in [0.717, 1.165) is 43.1 Å². The van der Waals surface area contributed by atoms with Gasteiger partial charge in [0.15, 0.2) is 5.82 Å². The van der Waals surface area contributed by atoms with Crippen molar-refractivity contribution in [2.75, 3.05) is 31.2 Å². The van der Waals surface area contributed by atoms with Gasteiger partial charge >= 0.3 is 0 Å². The number of anilines is 1. The second-order valence-corrected chi connectivity index (χ2v) is 9.13. The predicted molar refractivity (Wildman–Crippen MR) is 145 cm³/mol. The number of nitrogens with one attached hydrogen (secondary N) is 1. The molecular formula is C29H28N6O4. The van der Waals surface area contributed by atoms with Crippen LogP contribution in [0.25, 0.3) is 17.1 Å².